The first-order chi connectivity index (χ1) is 16.4. The van der Waals surface area contributed by atoms with E-state index in [0.717, 1.165) is 36.0 Å². The lowest BCUT2D eigenvalue weighted by Gasteiger charge is -2.23. The summed E-state index contributed by atoms with van der Waals surface area (Å²) in [4.78, 5) is 0. The molecule has 0 saturated carbocycles. The number of rotatable bonds is 13. The van der Waals surface area contributed by atoms with Gasteiger partial charge >= 0.3 is 19.8 Å². The Morgan fingerprint density at radius 2 is 1.36 bits per heavy atom. The summed E-state index contributed by atoms with van der Waals surface area (Å²) >= 11 is 0. The average molecular weight is 593 g/mol. The predicted octanol–water partition coefficient (Wildman–Crippen LogP) is 4.03. The van der Waals surface area contributed by atoms with Gasteiger partial charge < -0.3 is 17.4 Å². The van der Waals surface area contributed by atoms with Crippen molar-refractivity contribution in [2.45, 2.75) is 62.6 Å². The van der Waals surface area contributed by atoms with Gasteiger partial charge in [0, 0.05) is 52.3 Å². The van der Waals surface area contributed by atoms with Gasteiger partial charge in [0.25, 0.3) is 0 Å². The Kier molecular flexibility index (Phi) is 14.0. The highest BCUT2D eigenvalue weighted by Crippen LogP contribution is 2.36. The monoisotopic (exact) mass is 592 g/mol. The molecule has 1 aromatic rings. The summed E-state index contributed by atoms with van der Waals surface area (Å²) in [5, 5.41) is 0. The summed E-state index contributed by atoms with van der Waals surface area (Å²) in [6, 6.07) is 7.33. The Morgan fingerprint density at radius 3 is 1.78 bits per heavy atom. The minimum absolute atomic E-state index is 0.778. The van der Waals surface area contributed by atoms with E-state index >= 15 is 0 Å². The van der Waals surface area contributed by atoms with E-state index in [9.17, 15) is 43.2 Å². The molecule has 36 heavy (non-hydrogen) atoms. The fourth-order valence-electron chi connectivity index (χ4n) is 2.71. The van der Waals surface area contributed by atoms with Crippen LogP contribution in [0.3, 0.4) is 0 Å². The minimum atomic E-state index is -6.72. The molecule has 0 fully saturated rings. The van der Waals surface area contributed by atoms with E-state index in [4.69, 9.17) is 13.3 Å². The zero-order valence-corrected chi connectivity index (χ0v) is 22.7. The molecule has 0 aliphatic carbocycles. The van der Waals surface area contributed by atoms with Crippen molar-refractivity contribution in [3.05, 3.63) is 34.2 Å². The van der Waals surface area contributed by atoms with Gasteiger partial charge in [-0.15, -0.1) is 0 Å². The normalized spacial score (nSPS) is 13.3. The molecule has 0 aromatic carbocycles. The van der Waals surface area contributed by atoms with E-state index in [0.29, 0.717) is 0 Å². The highest BCUT2D eigenvalue weighted by molar-refractivity contribution is 8.13. The SMILES string of the molecule is CCCCc1cccc[n+]1CCCC[Si](OC)(OC)OC.O=S(=O)([N-]S(=O)(=O)C(F)(F)F)C(F)(F)F. The topological polar surface area (TPSA) is 114 Å². The first-order valence-corrected chi connectivity index (χ1v) is 15.2. The molecule has 212 valence electrons. The molecule has 1 heterocycles. The number of alkyl halides is 6. The summed E-state index contributed by atoms with van der Waals surface area (Å²) < 4.78 is 128. The number of unbranched alkanes of at least 4 members (excludes halogenated alkanes) is 2. The van der Waals surface area contributed by atoms with Crippen molar-refractivity contribution in [2.75, 3.05) is 21.3 Å². The van der Waals surface area contributed by atoms with Crippen LogP contribution in [0.4, 0.5) is 26.3 Å². The summed E-state index contributed by atoms with van der Waals surface area (Å²) in [5.41, 5.74) is -11.0. The molecule has 9 nitrogen and oxygen atoms in total. The van der Waals surface area contributed by atoms with E-state index in [1.165, 1.54) is 18.5 Å². The number of sulfonamides is 2. The van der Waals surface area contributed by atoms with E-state index < -0.39 is 39.9 Å². The van der Waals surface area contributed by atoms with Gasteiger partial charge in [0.15, 0.2) is 31.9 Å². The minimum Gasteiger partial charge on any atom is -0.421 e. The number of hydrogen-bond donors (Lipinski definition) is 0. The highest BCUT2D eigenvalue weighted by Gasteiger charge is 2.47. The van der Waals surface area contributed by atoms with Crippen molar-refractivity contribution < 1.29 is 61.0 Å². The van der Waals surface area contributed by atoms with E-state index in [-0.39, 0.29) is 0 Å². The fraction of sp³-hybridized carbons (Fsp3) is 0.722. The van der Waals surface area contributed by atoms with Crippen LogP contribution in [0.25, 0.3) is 4.13 Å². The molecule has 0 saturated heterocycles. The molecule has 18 heteroatoms. The first kappa shape index (κ1) is 34.7. The molecule has 1 aromatic heterocycles. The molecule has 0 bridgehead atoms. The summed E-state index contributed by atoms with van der Waals surface area (Å²) in [6.07, 6.45) is 7.98. The maximum atomic E-state index is 11.4. The molecular formula is C18H30F6N2O7S2Si. The van der Waals surface area contributed by atoms with Crippen molar-refractivity contribution in [1.29, 1.82) is 0 Å². The molecule has 0 atom stereocenters. The van der Waals surface area contributed by atoms with Crippen molar-refractivity contribution >= 4 is 28.9 Å². The van der Waals surface area contributed by atoms with Gasteiger partial charge in [-0.1, -0.05) is 19.4 Å². The third-order valence-corrected chi connectivity index (χ3v) is 10.2. The second-order valence-electron chi connectivity index (χ2n) is 7.16. The summed E-state index contributed by atoms with van der Waals surface area (Å²) in [6.45, 7) is 3.28. The maximum Gasteiger partial charge on any atom is 0.500 e. The third kappa shape index (κ3) is 11.0. The smallest absolute Gasteiger partial charge is 0.421 e. The maximum absolute atomic E-state index is 11.4. The Balaban J connectivity index is 0.000000723. The summed E-state index contributed by atoms with van der Waals surface area (Å²) in [5.74, 6) is 0. The van der Waals surface area contributed by atoms with Crippen LogP contribution in [0.5, 0.6) is 0 Å². The van der Waals surface area contributed by atoms with Gasteiger partial charge in [-0.05, 0) is 12.8 Å². The van der Waals surface area contributed by atoms with Crippen molar-refractivity contribution in [2.24, 2.45) is 0 Å². The lowest BCUT2D eigenvalue weighted by atomic mass is 10.2. The van der Waals surface area contributed by atoms with Crippen molar-refractivity contribution in [1.82, 2.24) is 0 Å². The number of pyridine rings is 1. The molecule has 0 unspecified atom stereocenters. The average Bonchev–Trinajstić information content (AvgIpc) is 2.77. The third-order valence-electron chi connectivity index (χ3n) is 4.67. The zero-order chi connectivity index (χ0) is 28.3. The van der Waals surface area contributed by atoms with E-state index in [2.05, 4.69) is 35.9 Å². The van der Waals surface area contributed by atoms with Crippen LogP contribution < -0.4 is 4.57 Å². The number of aryl methyl sites for hydroxylation is 2. The zero-order valence-electron chi connectivity index (χ0n) is 20.1. The van der Waals surface area contributed by atoms with Crippen LogP contribution >= 0.6 is 0 Å². The molecule has 0 aliphatic rings. The Hall–Kier alpha value is -1.31. The van der Waals surface area contributed by atoms with Crippen LogP contribution in [0.15, 0.2) is 24.4 Å². The Labute approximate surface area is 208 Å². The van der Waals surface area contributed by atoms with Gasteiger partial charge in [0.1, 0.15) is 6.54 Å². The number of nitrogens with zero attached hydrogens (tertiary/aromatic N) is 2. The number of halogens is 6. The van der Waals surface area contributed by atoms with Crippen molar-refractivity contribution in [3.63, 3.8) is 0 Å². The molecule has 0 amide bonds. The fourth-order valence-corrected chi connectivity index (χ4v) is 6.21. The van der Waals surface area contributed by atoms with Crippen LogP contribution in [0.2, 0.25) is 6.04 Å². The standard InChI is InChI=1S/C16H30NO3Si.C2F6NO4S2/c1-5-6-11-16-12-7-8-13-17(16)14-9-10-15-21(18-2,19-3)20-4;3-1(4,5)14(10,11)9-15(12,13)2(6,7)8/h7-8,12-13H,5-6,9-11,14-15H2,1-4H3;/q+1;-1. The van der Waals surface area contributed by atoms with Crippen LogP contribution in [0, 0.1) is 0 Å². The Bertz CT molecular complexity index is 952. The molecule has 0 spiro atoms. The van der Waals surface area contributed by atoms with E-state index in [1.54, 1.807) is 21.3 Å². The first-order valence-electron chi connectivity index (χ1n) is 10.4. The lowest BCUT2D eigenvalue weighted by molar-refractivity contribution is -0.704. The van der Waals surface area contributed by atoms with Gasteiger partial charge in [-0.25, -0.2) is 21.4 Å². The highest BCUT2D eigenvalue weighted by atomic mass is 32.3. The van der Waals surface area contributed by atoms with Gasteiger partial charge in [-0.2, -0.15) is 26.3 Å². The second kappa shape index (κ2) is 14.6. The molecule has 0 N–H and O–H groups in total. The van der Waals surface area contributed by atoms with Gasteiger partial charge in [0.2, 0.25) is 0 Å². The number of aromatic nitrogens is 1. The Morgan fingerprint density at radius 1 is 0.861 bits per heavy atom. The van der Waals surface area contributed by atoms with Crippen LogP contribution in [-0.2, 0) is 46.3 Å². The largest absolute Gasteiger partial charge is 0.500 e. The van der Waals surface area contributed by atoms with Crippen molar-refractivity contribution in [3.8, 4) is 0 Å². The van der Waals surface area contributed by atoms with Gasteiger partial charge in [0.05, 0.1) is 0 Å². The lowest BCUT2D eigenvalue weighted by Crippen LogP contribution is -2.43. The quantitative estimate of drug-likeness (QED) is 0.147. The molecule has 0 aliphatic heterocycles. The molecular weight excluding hydrogens is 562 g/mol. The predicted molar refractivity (Wildman–Crippen MR) is 119 cm³/mol. The summed E-state index contributed by atoms with van der Waals surface area (Å²) in [7, 11) is -10.8. The van der Waals surface area contributed by atoms with Gasteiger partial charge in [-0.3, -0.25) is 0 Å². The van der Waals surface area contributed by atoms with Crippen LogP contribution in [-0.4, -0.2) is 58.0 Å². The van der Waals surface area contributed by atoms with Crippen LogP contribution in [0.1, 0.15) is 38.3 Å². The van der Waals surface area contributed by atoms with E-state index in [1.807, 2.05) is 0 Å². The number of hydrogen-bond acceptors (Lipinski definition) is 7. The molecule has 1 rings (SSSR count). The second-order valence-corrected chi connectivity index (χ2v) is 13.7. The molecule has 0 radical (unpaired) electrons.